The van der Waals surface area contributed by atoms with E-state index in [1.54, 1.807) is 0 Å². The zero-order chi connectivity index (χ0) is 12.0. The van der Waals surface area contributed by atoms with Gasteiger partial charge in [0.15, 0.2) is 0 Å². The first-order valence-electron chi connectivity index (χ1n) is 5.74. The maximum atomic E-state index is 11.6. The molecule has 0 radical (unpaired) electrons. The number of rotatable bonds is 4. The van der Waals surface area contributed by atoms with Crippen LogP contribution in [0.5, 0.6) is 0 Å². The zero-order valence-corrected chi connectivity index (χ0v) is 10.5. The number of aliphatic hydroxyl groups excluding tert-OH is 1. The van der Waals surface area contributed by atoms with Gasteiger partial charge in [-0.05, 0) is 25.7 Å². The normalized spacial score (nSPS) is 20.2. The molecule has 2 N–H and O–H groups in total. The fourth-order valence-corrected chi connectivity index (χ4v) is 1.99. The van der Waals surface area contributed by atoms with Crippen molar-refractivity contribution in [3.8, 4) is 0 Å². The molecule has 16 heavy (non-hydrogen) atoms. The highest BCUT2D eigenvalue weighted by Crippen LogP contribution is 2.20. The molecule has 1 unspecified atom stereocenters. The molecule has 0 saturated heterocycles. The van der Waals surface area contributed by atoms with Crippen LogP contribution < -0.4 is 5.32 Å². The Bertz CT molecular complexity index is 269. The third-order valence-corrected chi connectivity index (χ3v) is 3.14. The van der Waals surface area contributed by atoms with Gasteiger partial charge in [-0.1, -0.05) is 31.4 Å². The van der Waals surface area contributed by atoms with E-state index in [0.717, 1.165) is 25.7 Å². The summed E-state index contributed by atoms with van der Waals surface area (Å²) in [6, 6.07) is -0.125. The summed E-state index contributed by atoms with van der Waals surface area (Å²) >= 11 is 3.99. The number of aliphatic hydroxyl groups is 1. The molecule has 1 aliphatic carbocycles. The van der Waals surface area contributed by atoms with Crippen LogP contribution in [0.4, 0.5) is 4.79 Å². The highest BCUT2D eigenvalue weighted by Gasteiger charge is 2.17. The first kappa shape index (κ1) is 13.4. The van der Waals surface area contributed by atoms with E-state index in [-0.39, 0.29) is 25.2 Å². The third-order valence-electron chi connectivity index (χ3n) is 2.76. The fraction of sp³-hybridized carbons (Fsp3) is 0.727. The minimum absolute atomic E-state index is 0.0718. The number of nitrogens with zero attached hydrogens (tertiary/aromatic N) is 1. The molecule has 0 spiro atoms. The standard InChI is InChI=1S/C11H20N2O2S/c1-2-9-4-3-5-10(8-9)12-11(15)13(16)6-7-14/h8,10,14,16H,2-7H2,1H3,(H,12,15). The summed E-state index contributed by atoms with van der Waals surface area (Å²) in [4.78, 5) is 11.6. The van der Waals surface area contributed by atoms with Crippen LogP contribution in [0.1, 0.15) is 32.6 Å². The van der Waals surface area contributed by atoms with Crippen molar-refractivity contribution in [3.63, 3.8) is 0 Å². The Morgan fingerprint density at radius 1 is 1.75 bits per heavy atom. The smallest absolute Gasteiger partial charge is 0.327 e. The number of allylic oxidation sites excluding steroid dienone is 1. The molecular formula is C11H20N2O2S. The van der Waals surface area contributed by atoms with Crippen molar-refractivity contribution in [2.75, 3.05) is 13.2 Å². The van der Waals surface area contributed by atoms with E-state index in [1.165, 1.54) is 9.88 Å². The predicted octanol–water partition coefficient (Wildman–Crippen LogP) is 1.72. The lowest BCUT2D eigenvalue weighted by molar-refractivity contribution is 0.211. The van der Waals surface area contributed by atoms with Gasteiger partial charge in [-0.15, -0.1) is 0 Å². The van der Waals surface area contributed by atoms with Crippen LogP contribution >= 0.6 is 12.8 Å². The number of carbonyl (C=O) groups excluding carboxylic acids is 1. The number of hydrogen-bond donors (Lipinski definition) is 3. The summed E-state index contributed by atoms with van der Waals surface area (Å²) in [6.45, 7) is 2.30. The number of thiol groups is 1. The Labute approximate surface area is 102 Å². The van der Waals surface area contributed by atoms with E-state index in [2.05, 4.69) is 31.1 Å². The van der Waals surface area contributed by atoms with Crippen molar-refractivity contribution in [1.29, 1.82) is 0 Å². The molecule has 0 aromatic rings. The van der Waals surface area contributed by atoms with Crippen LogP contribution in [-0.4, -0.2) is 34.6 Å². The van der Waals surface area contributed by atoms with E-state index in [9.17, 15) is 4.79 Å². The van der Waals surface area contributed by atoms with Gasteiger partial charge in [0.2, 0.25) is 0 Å². The number of amides is 2. The molecule has 0 aliphatic heterocycles. The van der Waals surface area contributed by atoms with E-state index >= 15 is 0 Å². The highest BCUT2D eigenvalue weighted by molar-refractivity contribution is 7.78. The second-order valence-corrected chi connectivity index (χ2v) is 4.46. The molecule has 0 aromatic heterocycles. The Hall–Kier alpha value is -0.680. The average Bonchev–Trinajstić information content (AvgIpc) is 2.29. The van der Waals surface area contributed by atoms with Gasteiger partial charge in [0.05, 0.1) is 13.2 Å². The van der Waals surface area contributed by atoms with Gasteiger partial charge in [-0.25, -0.2) is 4.79 Å². The average molecular weight is 244 g/mol. The Morgan fingerprint density at radius 2 is 2.50 bits per heavy atom. The summed E-state index contributed by atoms with van der Waals surface area (Å²) in [5, 5.41) is 11.6. The van der Waals surface area contributed by atoms with Crippen LogP contribution in [0.15, 0.2) is 11.6 Å². The first-order valence-corrected chi connectivity index (χ1v) is 6.14. The Kier molecular flexibility index (Phi) is 5.69. The highest BCUT2D eigenvalue weighted by atomic mass is 32.1. The second-order valence-electron chi connectivity index (χ2n) is 3.97. The van der Waals surface area contributed by atoms with Crippen LogP contribution in [0.2, 0.25) is 0 Å². The van der Waals surface area contributed by atoms with Gasteiger partial charge < -0.3 is 10.4 Å². The summed E-state index contributed by atoms with van der Waals surface area (Å²) in [5.41, 5.74) is 1.41. The number of urea groups is 1. The maximum absolute atomic E-state index is 11.6. The molecule has 5 heteroatoms. The number of nitrogens with one attached hydrogen (secondary N) is 1. The molecule has 2 amide bonds. The molecular weight excluding hydrogens is 224 g/mol. The molecule has 0 bridgehead atoms. The SMILES string of the molecule is CCC1=CC(NC(=O)N(S)CCO)CCC1. The molecule has 1 rings (SSSR count). The molecule has 4 nitrogen and oxygen atoms in total. The molecule has 0 heterocycles. The van der Waals surface area contributed by atoms with Gasteiger partial charge in [0.25, 0.3) is 0 Å². The van der Waals surface area contributed by atoms with Crippen molar-refractivity contribution >= 4 is 18.8 Å². The Balaban J connectivity index is 2.44. The van der Waals surface area contributed by atoms with Gasteiger partial charge in [-0.2, -0.15) is 0 Å². The van der Waals surface area contributed by atoms with Gasteiger partial charge in [0.1, 0.15) is 0 Å². The molecule has 92 valence electrons. The summed E-state index contributed by atoms with van der Waals surface area (Å²) in [6.07, 6.45) is 6.44. The molecule has 1 atom stereocenters. The molecule has 0 aromatic carbocycles. The topological polar surface area (TPSA) is 52.6 Å². The lowest BCUT2D eigenvalue weighted by Crippen LogP contribution is -2.41. The predicted molar refractivity (Wildman–Crippen MR) is 67.3 cm³/mol. The van der Waals surface area contributed by atoms with E-state index in [1.807, 2.05) is 0 Å². The minimum atomic E-state index is -0.240. The zero-order valence-electron chi connectivity index (χ0n) is 9.65. The molecule has 0 saturated carbocycles. The molecule has 1 aliphatic rings. The van der Waals surface area contributed by atoms with Gasteiger partial charge in [0, 0.05) is 6.04 Å². The van der Waals surface area contributed by atoms with E-state index in [4.69, 9.17) is 5.11 Å². The van der Waals surface area contributed by atoms with Crippen molar-refractivity contribution in [1.82, 2.24) is 9.62 Å². The lowest BCUT2D eigenvalue weighted by Gasteiger charge is -2.24. The quantitative estimate of drug-likeness (QED) is 0.521. The summed E-state index contributed by atoms with van der Waals surface area (Å²) < 4.78 is 1.20. The largest absolute Gasteiger partial charge is 0.394 e. The van der Waals surface area contributed by atoms with Crippen molar-refractivity contribution in [2.45, 2.75) is 38.6 Å². The third kappa shape index (κ3) is 4.06. The van der Waals surface area contributed by atoms with Crippen molar-refractivity contribution < 1.29 is 9.90 Å². The van der Waals surface area contributed by atoms with Crippen molar-refractivity contribution in [2.24, 2.45) is 0 Å². The minimum Gasteiger partial charge on any atom is -0.394 e. The first-order chi connectivity index (χ1) is 7.67. The number of carbonyl (C=O) groups is 1. The maximum Gasteiger partial charge on any atom is 0.327 e. The summed E-state index contributed by atoms with van der Waals surface area (Å²) in [7, 11) is 0. The van der Waals surface area contributed by atoms with Crippen LogP contribution in [0, 0.1) is 0 Å². The fourth-order valence-electron chi connectivity index (χ4n) is 1.84. The van der Waals surface area contributed by atoms with Gasteiger partial charge >= 0.3 is 6.03 Å². The van der Waals surface area contributed by atoms with Crippen LogP contribution in [0.3, 0.4) is 0 Å². The second kappa shape index (κ2) is 6.81. The van der Waals surface area contributed by atoms with E-state index in [0.29, 0.717) is 0 Å². The monoisotopic (exact) mass is 244 g/mol. The van der Waals surface area contributed by atoms with Crippen LogP contribution in [0.25, 0.3) is 0 Å². The lowest BCUT2D eigenvalue weighted by atomic mass is 9.94. The van der Waals surface area contributed by atoms with E-state index < -0.39 is 0 Å². The van der Waals surface area contributed by atoms with Gasteiger partial charge in [-0.3, -0.25) is 4.31 Å². The molecule has 0 fully saturated rings. The Morgan fingerprint density at radius 3 is 3.12 bits per heavy atom. The van der Waals surface area contributed by atoms with Crippen molar-refractivity contribution in [3.05, 3.63) is 11.6 Å². The van der Waals surface area contributed by atoms with Crippen LogP contribution in [-0.2, 0) is 0 Å². The summed E-state index contributed by atoms with van der Waals surface area (Å²) in [5.74, 6) is 0. The number of hydrogen-bond acceptors (Lipinski definition) is 3.